The fourth-order valence-corrected chi connectivity index (χ4v) is 1.31. The van der Waals surface area contributed by atoms with Crippen molar-refractivity contribution >= 4 is 0 Å². The lowest BCUT2D eigenvalue weighted by atomic mass is 9.93. The molecule has 0 saturated carbocycles. The van der Waals surface area contributed by atoms with E-state index in [1.165, 1.54) is 6.33 Å². The van der Waals surface area contributed by atoms with Crippen LogP contribution in [-0.4, -0.2) is 32.0 Å². The summed E-state index contributed by atoms with van der Waals surface area (Å²) in [4.78, 5) is 3.85. The predicted octanol–water partition coefficient (Wildman–Crippen LogP) is 0.158. The third-order valence-corrected chi connectivity index (χ3v) is 2.55. The fraction of sp³-hybridized carbons (Fsp3) is 0.778. The van der Waals surface area contributed by atoms with Crippen LogP contribution in [0.25, 0.3) is 0 Å². The molecule has 5 nitrogen and oxygen atoms in total. The summed E-state index contributed by atoms with van der Waals surface area (Å²) in [6.45, 7) is 2.84. The van der Waals surface area contributed by atoms with Crippen molar-refractivity contribution in [3.63, 3.8) is 0 Å². The first-order valence-electron chi connectivity index (χ1n) is 4.92. The average molecular weight is 198 g/mol. The average Bonchev–Trinajstić information content (AvgIpc) is 2.70. The highest BCUT2D eigenvalue weighted by atomic mass is 16.3. The molecule has 1 aromatic heterocycles. The second kappa shape index (κ2) is 5.07. The smallest absolute Gasteiger partial charge is 0.137 e. The molecule has 0 aliphatic rings. The first kappa shape index (κ1) is 11.1. The number of aliphatic hydroxyl groups is 1. The van der Waals surface area contributed by atoms with Gasteiger partial charge < -0.3 is 10.8 Å². The van der Waals surface area contributed by atoms with E-state index < -0.39 is 5.54 Å². The summed E-state index contributed by atoms with van der Waals surface area (Å²) in [5.41, 5.74) is 5.51. The molecule has 1 atom stereocenters. The maximum absolute atomic E-state index is 9.08. The van der Waals surface area contributed by atoms with Crippen LogP contribution in [0.4, 0.5) is 0 Å². The van der Waals surface area contributed by atoms with E-state index in [1.54, 1.807) is 11.0 Å². The van der Waals surface area contributed by atoms with Gasteiger partial charge >= 0.3 is 0 Å². The number of nitrogens with two attached hydrogens (primary N) is 1. The molecule has 80 valence electrons. The molecule has 0 saturated heterocycles. The van der Waals surface area contributed by atoms with Gasteiger partial charge in [0, 0.05) is 12.1 Å². The Kier molecular flexibility index (Phi) is 4.03. The molecule has 0 aliphatic heterocycles. The molecule has 5 heteroatoms. The highest BCUT2D eigenvalue weighted by Gasteiger charge is 2.20. The number of aliphatic hydroxyl groups excluding tert-OH is 1. The van der Waals surface area contributed by atoms with Crippen LogP contribution >= 0.6 is 0 Å². The summed E-state index contributed by atoms with van der Waals surface area (Å²) in [7, 11) is 0. The van der Waals surface area contributed by atoms with Gasteiger partial charge in [-0.1, -0.05) is 6.92 Å². The number of nitrogens with zero attached hydrogens (tertiary/aromatic N) is 3. The molecule has 1 unspecified atom stereocenters. The number of aryl methyl sites for hydroxylation is 1. The zero-order chi connectivity index (χ0) is 10.4. The Morgan fingerprint density at radius 3 is 2.86 bits per heavy atom. The molecule has 1 heterocycles. The number of rotatable bonds is 6. The predicted molar refractivity (Wildman–Crippen MR) is 53.6 cm³/mol. The Labute approximate surface area is 83.9 Å². The first-order chi connectivity index (χ1) is 6.70. The van der Waals surface area contributed by atoms with Gasteiger partial charge in [0.25, 0.3) is 0 Å². The largest absolute Gasteiger partial charge is 0.394 e. The summed E-state index contributed by atoms with van der Waals surface area (Å²) in [6, 6.07) is 0. The van der Waals surface area contributed by atoms with Crippen molar-refractivity contribution in [2.24, 2.45) is 5.73 Å². The monoisotopic (exact) mass is 198 g/mol. The Morgan fingerprint density at radius 1 is 1.57 bits per heavy atom. The normalized spacial score (nSPS) is 15.4. The highest BCUT2D eigenvalue weighted by Crippen LogP contribution is 2.13. The zero-order valence-electron chi connectivity index (χ0n) is 8.56. The maximum atomic E-state index is 9.08. The van der Waals surface area contributed by atoms with Gasteiger partial charge in [0.15, 0.2) is 0 Å². The number of hydrogen-bond donors (Lipinski definition) is 2. The second-order valence-corrected chi connectivity index (χ2v) is 3.64. The topological polar surface area (TPSA) is 77.0 Å². The van der Waals surface area contributed by atoms with Crippen molar-refractivity contribution in [3.05, 3.63) is 12.7 Å². The Hall–Kier alpha value is -0.940. The summed E-state index contributed by atoms with van der Waals surface area (Å²) in [5.74, 6) is 0. The summed E-state index contributed by atoms with van der Waals surface area (Å²) in [5, 5.41) is 13.1. The molecule has 1 aromatic rings. The van der Waals surface area contributed by atoms with Crippen LogP contribution in [0, 0.1) is 0 Å². The molecule has 0 fully saturated rings. The van der Waals surface area contributed by atoms with E-state index >= 15 is 0 Å². The SMILES string of the molecule is CCC(N)(CO)CCCn1cncn1. The quantitative estimate of drug-likeness (QED) is 0.682. The van der Waals surface area contributed by atoms with Crippen molar-refractivity contribution in [3.8, 4) is 0 Å². The van der Waals surface area contributed by atoms with Crippen LogP contribution < -0.4 is 5.73 Å². The zero-order valence-corrected chi connectivity index (χ0v) is 8.56. The molecular weight excluding hydrogens is 180 g/mol. The molecular formula is C9H18N4O. The molecule has 0 aliphatic carbocycles. The molecule has 14 heavy (non-hydrogen) atoms. The Balaban J connectivity index is 2.27. The van der Waals surface area contributed by atoms with Crippen LogP contribution in [0.1, 0.15) is 26.2 Å². The molecule has 3 N–H and O–H groups in total. The van der Waals surface area contributed by atoms with Gasteiger partial charge in [-0.15, -0.1) is 0 Å². The molecule has 1 rings (SSSR count). The summed E-state index contributed by atoms with van der Waals surface area (Å²) >= 11 is 0. The molecule has 0 bridgehead atoms. The summed E-state index contributed by atoms with van der Waals surface area (Å²) < 4.78 is 1.77. The van der Waals surface area contributed by atoms with Crippen LogP contribution in [0.3, 0.4) is 0 Å². The van der Waals surface area contributed by atoms with E-state index in [9.17, 15) is 0 Å². The lowest BCUT2D eigenvalue weighted by Crippen LogP contribution is -2.43. The van der Waals surface area contributed by atoms with Gasteiger partial charge in [0.1, 0.15) is 12.7 Å². The van der Waals surface area contributed by atoms with Gasteiger partial charge in [0.05, 0.1) is 6.61 Å². The molecule has 0 spiro atoms. The third kappa shape index (κ3) is 3.08. The van der Waals surface area contributed by atoms with Crippen LogP contribution in [0.5, 0.6) is 0 Å². The lowest BCUT2D eigenvalue weighted by Gasteiger charge is -2.25. The van der Waals surface area contributed by atoms with E-state index in [2.05, 4.69) is 10.1 Å². The van der Waals surface area contributed by atoms with Crippen molar-refractivity contribution in [2.45, 2.75) is 38.3 Å². The fourth-order valence-electron chi connectivity index (χ4n) is 1.31. The number of hydrogen-bond acceptors (Lipinski definition) is 4. The van der Waals surface area contributed by atoms with Crippen molar-refractivity contribution in [1.82, 2.24) is 14.8 Å². The molecule has 0 radical (unpaired) electrons. The maximum Gasteiger partial charge on any atom is 0.137 e. The second-order valence-electron chi connectivity index (χ2n) is 3.64. The first-order valence-corrected chi connectivity index (χ1v) is 4.92. The van der Waals surface area contributed by atoms with Crippen LogP contribution in [-0.2, 0) is 6.54 Å². The van der Waals surface area contributed by atoms with E-state index in [0.29, 0.717) is 0 Å². The Bertz CT molecular complexity index is 243. The van der Waals surface area contributed by atoms with Gasteiger partial charge in [-0.2, -0.15) is 5.10 Å². The van der Waals surface area contributed by atoms with Gasteiger partial charge in [-0.3, -0.25) is 4.68 Å². The number of aromatic nitrogens is 3. The highest BCUT2D eigenvalue weighted by molar-refractivity contribution is 4.81. The van der Waals surface area contributed by atoms with E-state index in [0.717, 1.165) is 25.8 Å². The minimum Gasteiger partial charge on any atom is -0.394 e. The van der Waals surface area contributed by atoms with Gasteiger partial charge in [-0.05, 0) is 19.3 Å². The minimum atomic E-state index is -0.430. The van der Waals surface area contributed by atoms with E-state index in [-0.39, 0.29) is 6.61 Å². The van der Waals surface area contributed by atoms with Crippen molar-refractivity contribution < 1.29 is 5.11 Å². The van der Waals surface area contributed by atoms with E-state index in [4.69, 9.17) is 10.8 Å². The Morgan fingerprint density at radius 2 is 2.36 bits per heavy atom. The molecule has 0 amide bonds. The minimum absolute atomic E-state index is 0.0425. The van der Waals surface area contributed by atoms with Crippen molar-refractivity contribution in [1.29, 1.82) is 0 Å². The third-order valence-electron chi connectivity index (χ3n) is 2.55. The van der Waals surface area contributed by atoms with Crippen LogP contribution in [0.2, 0.25) is 0 Å². The summed E-state index contributed by atoms with van der Waals surface area (Å²) in [6.07, 6.45) is 5.71. The van der Waals surface area contributed by atoms with Crippen molar-refractivity contribution in [2.75, 3.05) is 6.61 Å². The lowest BCUT2D eigenvalue weighted by molar-refractivity contribution is 0.178. The standard InChI is InChI=1S/C9H18N4O/c1-2-9(10,6-14)4-3-5-13-8-11-7-12-13/h7-8,14H,2-6,10H2,1H3. The molecule has 0 aromatic carbocycles. The van der Waals surface area contributed by atoms with Gasteiger partial charge in [-0.25, -0.2) is 4.98 Å². The van der Waals surface area contributed by atoms with Gasteiger partial charge in [0.2, 0.25) is 0 Å². The van der Waals surface area contributed by atoms with E-state index in [1.807, 2.05) is 6.92 Å². The van der Waals surface area contributed by atoms with Crippen LogP contribution in [0.15, 0.2) is 12.7 Å².